The van der Waals surface area contributed by atoms with E-state index in [2.05, 4.69) is 69.4 Å². The molecule has 0 aromatic heterocycles. The van der Waals surface area contributed by atoms with Crippen molar-refractivity contribution in [3.05, 3.63) is 48.6 Å². The molecule has 372 valence electrons. The number of aliphatic hydroxyl groups is 1. The number of hydrogen-bond donors (Lipinski definition) is 2. The zero-order valence-electron chi connectivity index (χ0n) is 40.7. The molecular weight excluding hydrogens is 832 g/mol. The second-order valence-electron chi connectivity index (χ2n) is 17.0. The van der Waals surface area contributed by atoms with Crippen LogP contribution in [-0.4, -0.2) is 66.5 Å². The van der Waals surface area contributed by atoms with Crippen molar-refractivity contribution in [2.45, 2.75) is 238 Å². The molecule has 0 heterocycles. The van der Waals surface area contributed by atoms with Crippen LogP contribution in [-0.2, 0) is 42.2 Å². The van der Waals surface area contributed by atoms with Gasteiger partial charge in [0.05, 0.1) is 19.8 Å². The average Bonchev–Trinajstić information content (AvgIpc) is 3.28. The molecule has 0 amide bonds. The lowest BCUT2D eigenvalue weighted by Crippen LogP contribution is -2.30. The highest BCUT2D eigenvalue weighted by Gasteiger charge is 2.28. The number of esters is 3. The summed E-state index contributed by atoms with van der Waals surface area (Å²) in [6, 6.07) is 0. The van der Waals surface area contributed by atoms with Gasteiger partial charge >= 0.3 is 25.7 Å². The maximum absolute atomic E-state index is 12.8. The largest absolute Gasteiger partial charge is 0.472 e. The van der Waals surface area contributed by atoms with Crippen LogP contribution in [0, 0.1) is 0 Å². The van der Waals surface area contributed by atoms with Crippen LogP contribution in [0.15, 0.2) is 48.6 Å². The maximum atomic E-state index is 12.8. The predicted octanol–water partition coefficient (Wildman–Crippen LogP) is 14.2. The molecule has 2 N–H and O–H groups in total. The van der Waals surface area contributed by atoms with E-state index in [0.717, 1.165) is 122 Å². The highest BCUT2D eigenvalue weighted by atomic mass is 31.2. The molecule has 0 aliphatic carbocycles. The van der Waals surface area contributed by atoms with Crippen LogP contribution in [0.2, 0.25) is 0 Å². The van der Waals surface area contributed by atoms with E-state index < -0.39 is 57.8 Å². The number of aliphatic hydroxyl groups excluding tert-OH is 1. The Hall–Kier alpha value is -2.56. The molecule has 0 bridgehead atoms. The minimum Gasteiger partial charge on any atom is -0.462 e. The fourth-order valence-corrected chi connectivity index (χ4v) is 7.50. The molecule has 0 radical (unpaired) electrons. The van der Waals surface area contributed by atoms with Crippen LogP contribution < -0.4 is 0 Å². The van der Waals surface area contributed by atoms with Crippen molar-refractivity contribution in [1.82, 2.24) is 0 Å². The number of hydrogen-bond acceptors (Lipinski definition) is 10. The Labute approximate surface area is 390 Å². The molecule has 0 rings (SSSR count). The summed E-state index contributed by atoms with van der Waals surface area (Å²) in [5.41, 5.74) is 0. The molecular formula is C52H93O11P. The molecule has 0 aliphatic heterocycles. The number of allylic oxidation sites excluding steroid dienone is 8. The third-order valence-corrected chi connectivity index (χ3v) is 11.6. The minimum atomic E-state index is -4.74. The van der Waals surface area contributed by atoms with Gasteiger partial charge in [-0.2, -0.15) is 0 Å². The number of phosphoric acid groups is 1. The molecule has 11 nitrogen and oxygen atoms in total. The Morgan fingerprint density at radius 3 is 1.28 bits per heavy atom. The van der Waals surface area contributed by atoms with Crippen molar-refractivity contribution < 1.29 is 52.2 Å². The number of unbranched alkanes of at least 4 members (excludes halogenated alkanes) is 22. The summed E-state index contributed by atoms with van der Waals surface area (Å²) in [5, 5.41) is 9.75. The van der Waals surface area contributed by atoms with Gasteiger partial charge in [-0.3, -0.25) is 23.4 Å². The van der Waals surface area contributed by atoms with Gasteiger partial charge in [-0.05, 0) is 89.9 Å². The monoisotopic (exact) mass is 925 g/mol. The van der Waals surface area contributed by atoms with Crippen LogP contribution in [0.3, 0.4) is 0 Å². The Morgan fingerprint density at radius 1 is 0.438 bits per heavy atom. The van der Waals surface area contributed by atoms with Crippen molar-refractivity contribution in [3.8, 4) is 0 Å². The summed E-state index contributed by atoms with van der Waals surface area (Å²) in [6.07, 6.45) is 46.5. The lowest BCUT2D eigenvalue weighted by Gasteiger charge is -2.21. The van der Waals surface area contributed by atoms with Crippen molar-refractivity contribution in [1.29, 1.82) is 0 Å². The third kappa shape index (κ3) is 44.6. The smallest absolute Gasteiger partial charge is 0.462 e. The quantitative estimate of drug-likeness (QED) is 0.0197. The van der Waals surface area contributed by atoms with E-state index in [0.29, 0.717) is 19.3 Å². The van der Waals surface area contributed by atoms with E-state index in [4.69, 9.17) is 23.3 Å². The van der Waals surface area contributed by atoms with Crippen LogP contribution in [0.25, 0.3) is 0 Å². The summed E-state index contributed by atoms with van der Waals surface area (Å²) in [6.45, 7) is 4.47. The van der Waals surface area contributed by atoms with Gasteiger partial charge in [-0.1, -0.05) is 166 Å². The van der Waals surface area contributed by atoms with Gasteiger partial charge in [0.1, 0.15) is 12.7 Å². The maximum Gasteiger partial charge on any atom is 0.472 e. The van der Waals surface area contributed by atoms with Crippen molar-refractivity contribution >= 4 is 25.7 Å². The van der Waals surface area contributed by atoms with Gasteiger partial charge in [0.15, 0.2) is 6.10 Å². The van der Waals surface area contributed by atoms with E-state index >= 15 is 0 Å². The lowest BCUT2D eigenvalue weighted by molar-refractivity contribution is -0.161. The SMILES string of the molecule is CCC/C=C\C/C=C\CCCCCCCC(=O)OCC(COP(=O)(O)OCC(CO)OC(=O)CCCCCCC/C=C\CCCC)OC(=O)CCCCCCC/C=C\CCCCCC. The van der Waals surface area contributed by atoms with E-state index in [1.165, 1.54) is 44.9 Å². The molecule has 64 heavy (non-hydrogen) atoms. The fourth-order valence-electron chi connectivity index (χ4n) is 6.72. The normalized spacial score (nSPS) is 13.9. The fraction of sp³-hybridized carbons (Fsp3) is 0.788. The van der Waals surface area contributed by atoms with Gasteiger partial charge in [0.25, 0.3) is 0 Å². The number of ether oxygens (including phenoxy) is 3. The van der Waals surface area contributed by atoms with E-state index in [1.807, 2.05) is 0 Å². The van der Waals surface area contributed by atoms with Gasteiger partial charge in [0.2, 0.25) is 0 Å². The average molecular weight is 925 g/mol. The number of carbonyl (C=O) groups is 3. The number of phosphoric ester groups is 1. The Bertz CT molecular complexity index is 1260. The molecule has 3 atom stereocenters. The Kier molecular flexibility index (Phi) is 45.1. The van der Waals surface area contributed by atoms with Crippen LogP contribution in [0.5, 0.6) is 0 Å². The first kappa shape index (κ1) is 61.4. The molecule has 0 aromatic carbocycles. The summed E-state index contributed by atoms with van der Waals surface area (Å²) >= 11 is 0. The molecule has 3 unspecified atom stereocenters. The summed E-state index contributed by atoms with van der Waals surface area (Å²) < 4.78 is 39.3. The van der Waals surface area contributed by atoms with E-state index in [9.17, 15) is 28.9 Å². The summed E-state index contributed by atoms with van der Waals surface area (Å²) in [5.74, 6) is -1.50. The summed E-state index contributed by atoms with van der Waals surface area (Å²) in [4.78, 5) is 48.2. The zero-order valence-corrected chi connectivity index (χ0v) is 41.6. The molecule has 0 spiro atoms. The van der Waals surface area contributed by atoms with E-state index in [-0.39, 0.29) is 25.9 Å². The molecule has 0 saturated heterocycles. The molecule has 0 saturated carbocycles. The topological polar surface area (TPSA) is 155 Å². The second kappa shape index (κ2) is 47.0. The van der Waals surface area contributed by atoms with Gasteiger partial charge in [-0.15, -0.1) is 0 Å². The van der Waals surface area contributed by atoms with Crippen LogP contribution >= 0.6 is 7.82 Å². The Morgan fingerprint density at radius 2 is 0.812 bits per heavy atom. The molecule has 0 aliphatic rings. The van der Waals surface area contributed by atoms with Crippen LogP contribution in [0.1, 0.15) is 226 Å². The van der Waals surface area contributed by atoms with Gasteiger partial charge in [-0.25, -0.2) is 4.57 Å². The highest BCUT2D eigenvalue weighted by molar-refractivity contribution is 7.47. The Balaban J connectivity index is 4.78. The zero-order chi connectivity index (χ0) is 47.0. The highest BCUT2D eigenvalue weighted by Crippen LogP contribution is 2.43. The molecule has 12 heteroatoms. The number of rotatable bonds is 47. The van der Waals surface area contributed by atoms with Gasteiger partial charge in [0, 0.05) is 19.3 Å². The van der Waals surface area contributed by atoms with E-state index in [1.54, 1.807) is 0 Å². The predicted molar refractivity (Wildman–Crippen MR) is 261 cm³/mol. The minimum absolute atomic E-state index is 0.154. The first-order chi connectivity index (χ1) is 31.2. The summed E-state index contributed by atoms with van der Waals surface area (Å²) in [7, 11) is -4.74. The molecule has 0 fully saturated rings. The lowest BCUT2D eigenvalue weighted by atomic mass is 10.1. The third-order valence-electron chi connectivity index (χ3n) is 10.7. The van der Waals surface area contributed by atoms with Gasteiger partial charge < -0.3 is 24.2 Å². The second-order valence-corrected chi connectivity index (χ2v) is 18.4. The molecule has 0 aromatic rings. The van der Waals surface area contributed by atoms with Crippen molar-refractivity contribution in [2.75, 3.05) is 26.4 Å². The first-order valence-electron chi connectivity index (χ1n) is 25.5. The van der Waals surface area contributed by atoms with Crippen LogP contribution in [0.4, 0.5) is 0 Å². The first-order valence-corrected chi connectivity index (χ1v) is 27.0. The number of carbonyl (C=O) groups excluding carboxylic acids is 3. The van der Waals surface area contributed by atoms with Crippen molar-refractivity contribution in [2.24, 2.45) is 0 Å². The standard InChI is InChI=1S/C52H93O11P/c1-4-7-10-13-16-19-22-24-27-29-32-35-38-41-50(54)59-45-49(63-52(56)43-40-37-34-31-28-25-23-20-17-14-11-8-5-2)47-61-64(57,58)60-46-48(44-53)62-51(55)42-39-36-33-30-26-21-18-15-12-9-6-3/h10,13,15,18-20,22-23,48-49,53H,4-9,11-12,14,16-17,21,24-47H2,1-3H3,(H,57,58)/b13-10-,18-15-,22-19-,23-20-. The van der Waals surface area contributed by atoms with Crippen molar-refractivity contribution in [3.63, 3.8) is 0 Å².